The second kappa shape index (κ2) is 4.19. The number of pyridine rings is 1. The van der Waals surface area contributed by atoms with E-state index in [1.54, 1.807) is 25.4 Å². The van der Waals surface area contributed by atoms with Gasteiger partial charge in [0, 0.05) is 25.4 Å². The lowest BCUT2D eigenvalue weighted by molar-refractivity contribution is 0.103. The first-order valence-electron chi connectivity index (χ1n) is 4.76. The Morgan fingerprint density at radius 1 is 1.56 bits per heavy atom. The van der Waals surface area contributed by atoms with E-state index in [1.807, 2.05) is 0 Å². The predicted octanol–water partition coefficient (Wildman–Crippen LogP) is -0.100. The van der Waals surface area contributed by atoms with Crippen molar-refractivity contribution < 1.29 is 4.79 Å². The molecule has 0 saturated heterocycles. The Kier molecular flexibility index (Phi) is 2.74. The van der Waals surface area contributed by atoms with Crippen molar-refractivity contribution in [2.24, 2.45) is 12.8 Å². The Labute approximate surface area is 92.1 Å². The predicted molar refractivity (Wildman–Crippen MR) is 56.6 cm³/mol. The van der Waals surface area contributed by atoms with Gasteiger partial charge in [-0.15, -0.1) is 5.10 Å². The zero-order valence-electron chi connectivity index (χ0n) is 8.79. The summed E-state index contributed by atoms with van der Waals surface area (Å²) in [4.78, 5) is 16.1. The average Bonchev–Trinajstić information content (AvgIpc) is 2.74. The lowest BCUT2D eigenvalue weighted by Gasteiger charge is -2.01. The molecule has 2 heterocycles. The quantitative estimate of drug-likeness (QED) is 0.725. The molecular formula is C10H11N5O. The number of hydrogen-bond donors (Lipinski definition) is 1. The Hall–Kier alpha value is -2.08. The zero-order chi connectivity index (χ0) is 11.5. The van der Waals surface area contributed by atoms with Crippen LogP contribution in [0.5, 0.6) is 0 Å². The molecule has 0 unspecified atom stereocenters. The first-order chi connectivity index (χ1) is 7.72. The SMILES string of the molecule is Cn1nncc1C(=O)c1ccnc(CN)c1. The van der Waals surface area contributed by atoms with Crippen molar-refractivity contribution in [3.05, 3.63) is 41.5 Å². The van der Waals surface area contributed by atoms with Crippen LogP contribution in [0.15, 0.2) is 24.5 Å². The monoisotopic (exact) mass is 217 g/mol. The Balaban J connectivity index is 2.38. The van der Waals surface area contributed by atoms with Gasteiger partial charge in [0.1, 0.15) is 5.69 Å². The Bertz CT molecular complexity index is 519. The number of nitrogens with two attached hydrogens (primary N) is 1. The zero-order valence-corrected chi connectivity index (χ0v) is 8.79. The van der Waals surface area contributed by atoms with Crippen molar-refractivity contribution in [2.75, 3.05) is 0 Å². The third kappa shape index (κ3) is 1.82. The summed E-state index contributed by atoms with van der Waals surface area (Å²) in [5.41, 5.74) is 7.13. The van der Waals surface area contributed by atoms with E-state index in [-0.39, 0.29) is 5.78 Å². The summed E-state index contributed by atoms with van der Waals surface area (Å²) < 4.78 is 1.44. The molecule has 0 saturated carbocycles. The molecule has 2 aromatic rings. The molecule has 6 heteroatoms. The highest BCUT2D eigenvalue weighted by Gasteiger charge is 2.13. The van der Waals surface area contributed by atoms with Gasteiger partial charge in [0.05, 0.1) is 11.9 Å². The molecule has 16 heavy (non-hydrogen) atoms. The van der Waals surface area contributed by atoms with Crippen LogP contribution in [0.25, 0.3) is 0 Å². The first-order valence-corrected chi connectivity index (χ1v) is 4.76. The van der Waals surface area contributed by atoms with Gasteiger partial charge in [-0.1, -0.05) is 5.21 Å². The maximum Gasteiger partial charge on any atom is 0.212 e. The van der Waals surface area contributed by atoms with E-state index in [1.165, 1.54) is 10.9 Å². The van der Waals surface area contributed by atoms with Crippen molar-refractivity contribution >= 4 is 5.78 Å². The molecule has 2 rings (SSSR count). The van der Waals surface area contributed by atoms with Gasteiger partial charge in [-0.2, -0.15) is 0 Å². The van der Waals surface area contributed by atoms with Crippen molar-refractivity contribution in [1.29, 1.82) is 0 Å². The molecule has 2 aromatic heterocycles. The average molecular weight is 217 g/mol. The molecule has 0 bridgehead atoms. The fraction of sp³-hybridized carbons (Fsp3) is 0.200. The highest BCUT2D eigenvalue weighted by atomic mass is 16.1. The lowest BCUT2D eigenvalue weighted by atomic mass is 10.1. The van der Waals surface area contributed by atoms with Gasteiger partial charge in [-0.05, 0) is 12.1 Å². The second-order valence-electron chi connectivity index (χ2n) is 3.31. The fourth-order valence-electron chi connectivity index (χ4n) is 1.37. The number of ketones is 1. The number of hydrogen-bond acceptors (Lipinski definition) is 5. The van der Waals surface area contributed by atoms with Crippen LogP contribution in [-0.2, 0) is 13.6 Å². The highest BCUT2D eigenvalue weighted by Crippen LogP contribution is 2.08. The van der Waals surface area contributed by atoms with Crippen molar-refractivity contribution in [1.82, 2.24) is 20.0 Å². The van der Waals surface area contributed by atoms with Crippen molar-refractivity contribution in [3.63, 3.8) is 0 Å². The van der Waals surface area contributed by atoms with Crippen molar-refractivity contribution in [3.8, 4) is 0 Å². The van der Waals surface area contributed by atoms with E-state index < -0.39 is 0 Å². The topological polar surface area (TPSA) is 86.7 Å². The minimum atomic E-state index is -0.135. The Morgan fingerprint density at radius 2 is 2.38 bits per heavy atom. The summed E-state index contributed by atoms with van der Waals surface area (Å²) in [6, 6.07) is 3.32. The van der Waals surface area contributed by atoms with Crippen LogP contribution in [0.4, 0.5) is 0 Å². The molecule has 0 atom stereocenters. The summed E-state index contributed by atoms with van der Waals surface area (Å²) >= 11 is 0. The first kappa shape index (κ1) is 10.4. The molecule has 0 fully saturated rings. The van der Waals surface area contributed by atoms with Gasteiger partial charge in [0.25, 0.3) is 0 Å². The third-order valence-corrected chi connectivity index (χ3v) is 2.23. The number of carbonyl (C=O) groups is 1. The molecule has 82 valence electrons. The molecule has 0 spiro atoms. The Morgan fingerprint density at radius 3 is 3.00 bits per heavy atom. The summed E-state index contributed by atoms with van der Waals surface area (Å²) in [5, 5.41) is 7.37. The normalized spacial score (nSPS) is 10.4. The molecule has 0 radical (unpaired) electrons. The molecule has 0 amide bonds. The maximum atomic E-state index is 12.0. The molecule has 0 aliphatic heterocycles. The standard InChI is InChI=1S/C10H11N5O/c1-15-9(6-13-14-15)10(16)7-2-3-12-8(4-7)5-11/h2-4,6H,5,11H2,1H3. The summed E-state index contributed by atoms with van der Waals surface area (Å²) in [7, 11) is 1.67. The van der Waals surface area contributed by atoms with Crippen molar-refractivity contribution in [2.45, 2.75) is 6.54 Å². The summed E-state index contributed by atoms with van der Waals surface area (Å²) in [5.74, 6) is -0.135. The fourth-order valence-corrected chi connectivity index (χ4v) is 1.37. The van der Waals surface area contributed by atoms with E-state index in [4.69, 9.17) is 5.73 Å². The van der Waals surface area contributed by atoms with Gasteiger partial charge in [-0.3, -0.25) is 9.78 Å². The molecular weight excluding hydrogens is 206 g/mol. The second-order valence-corrected chi connectivity index (χ2v) is 3.31. The molecule has 6 nitrogen and oxygen atoms in total. The van der Waals surface area contributed by atoms with Crippen LogP contribution in [-0.4, -0.2) is 25.8 Å². The lowest BCUT2D eigenvalue weighted by Crippen LogP contribution is -2.09. The van der Waals surface area contributed by atoms with Gasteiger partial charge in [-0.25, -0.2) is 4.68 Å². The van der Waals surface area contributed by atoms with Gasteiger partial charge < -0.3 is 5.73 Å². The van der Waals surface area contributed by atoms with E-state index >= 15 is 0 Å². The molecule has 0 aliphatic carbocycles. The molecule has 2 N–H and O–H groups in total. The number of carbonyl (C=O) groups excluding carboxylic acids is 1. The number of nitrogens with zero attached hydrogens (tertiary/aromatic N) is 4. The number of aromatic nitrogens is 4. The summed E-state index contributed by atoms with van der Waals surface area (Å²) in [6.07, 6.45) is 3.00. The number of rotatable bonds is 3. The van der Waals surface area contributed by atoms with Gasteiger partial charge in [0.2, 0.25) is 5.78 Å². The minimum absolute atomic E-state index is 0.135. The minimum Gasteiger partial charge on any atom is -0.325 e. The maximum absolute atomic E-state index is 12.0. The van der Waals surface area contributed by atoms with E-state index in [2.05, 4.69) is 15.3 Å². The summed E-state index contributed by atoms with van der Waals surface area (Å²) in [6.45, 7) is 0.310. The van der Waals surface area contributed by atoms with Gasteiger partial charge in [0.15, 0.2) is 0 Å². The largest absolute Gasteiger partial charge is 0.325 e. The van der Waals surface area contributed by atoms with Crippen LogP contribution < -0.4 is 5.73 Å². The van der Waals surface area contributed by atoms with Crippen LogP contribution in [0.3, 0.4) is 0 Å². The van der Waals surface area contributed by atoms with E-state index in [9.17, 15) is 4.79 Å². The smallest absolute Gasteiger partial charge is 0.212 e. The van der Waals surface area contributed by atoms with Gasteiger partial charge >= 0.3 is 0 Å². The van der Waals surface area contributed by atoms with Crippen LogP contribution in [0.1, 0.15) is 21.7 Å². The van der Waals surface area contributed by atoms with E-state index in [0.29, 0.717) is 23.5 Å². The molecule has 0 aromatic carbocycles. The molecule has 0 aliphatic rings. The van der Waals surface area contributed by atoms with Crippen LogP contribution in [0.2, 0.25) is 0 Å². The number of aryl methyl sites for hydroxylation is 1. The third-order valence-electron chi connectivity index (χ3n) is 2.23. The highest BCUT2D eigenvalue weighted by molar-refractivity contribution is 6.07. The van der Waals surface area contributed by atoms with Crippen LogP contribution in [0, 0.1) is 0 Å². The van der Waals surface area contributed by atoms with Crippen LogP contribution >= 0.6 is 0 Å². The van der Waals surface area contributed by atoms with E-state index in [0.717, 1.165) is 0 Å².